The maximum atomic E-state index is 6.15. The van der Waals surface area contributed by atoms with E-state index in [2.05, 4.69) is 43.3 Å². The molecule has 1 heterocycles. The molecule has 0 bridgehead atoms. The van der Waals surface area contributed by atoms with Crippen LogP contribution in [0.1, 0.15) is 17.2 Å². The highest BCUT2D eigenvalue weighted by atomic mass is 79.9. The van der Waals surface area contributed by atoms with Gasteiger partial charge in [0.1, 0.15) is 0 Å². The molecule has 0 saturated heterocycles. The summed E-state index contributed by atoms with van der Waals surface area (Å²) in [6, 6.07) is 8.11. The summed E-state index contributed by atoms with van der Waals surface area (Å²) in [5.74, 6) is 0. The summed E-state index contributed by atoms with van der Waals surface area (Å²) in [7, 11) is 0. The van der Waals surface area contributed by atoms with Crippen LogP contribution in [0.2, 0.25) is 0 Å². The van der Waals surface area contributed by atoms with Crippen LogP contribution in [0.25, 0.3) is 0 Å². The number of thiophene rings is 1. The first-order chi connectivity index (χ1) is 7.18. The van der Waals surface area contributed by atoms with Crippen molar-refractivity contribution in [2.24, 2.45) is 5.73 Å². The maximum Gasteiger partial charge on any atom is 0.0560 e. The summed E-state index contributed by atoms with van der Waals surface area (Å²) in [5, 5.41) is 4.13. The first kappa shape index (κ1) is 11.3. The Kier molecular flexibility index (Phi) is 3.61. The molecule has 0 amide bonds. The molecular formula is C11H9Br2NS. The number of benzene rings is 1. The van der Waals surface area contributed by atoms with Crippen molar-refractivity contribution in [3.63, 3.8) is 0 Å². The van der Waals surface area contributed by atoms with E-state index in [1.807, 2.05) is 23.6 Å². The zero-order valence-electron chi connectivity index (χ0n) is 7.78. The summed E-state index contributed by atoms with van der Waals surface area (Å²) in [6.45, 7) is 0. The molecule has 2 N–H and O–H groups in total. The van der Waals surface area contributed by atoms with Crippen LogP contribution in [0.4, 0.5) is 0 Å². The second-order valence-electron chi connectivity index (χ2n) is 3.21. The van der Waals surface area contributed by atoms with Gasteiger partial charge < -0.3 is 5.73 Å². The van der Waals surface area contributed by atoms with E-state index in [-0.39, 0.29) is 6.04 Å². The van der Waals surface area contributed by atoms with Crippen molar-refractivity contribution in [2.75, 3.05) is 0 Å². The van der Waals surface area contributed by atoms with Crippen LogP contribution in [0.3, 0.4) is 0 Å². The van der Waals surface area contributed by atoms with Gasteiger partial charge in [-0.05, 0) is 71.9 Å². The molecule has 2 aromatic rings. The van der Waals surface area contributed by atoms with Gasteiger partial charge in [0.15, 0.2) is 0 Å². The highest BCUT2D eigenvalue weighted by Gasteiger charge is 2.10. The second kappa shape index (κ2) is 4.78. The first-order valence-corrected chi connectivity index (χ1v) is 6.94. The molecule has 4 heteroatoms. The molecule has 1 aromatic carbocycles. The van der Waals surface area contributed by atoms with Crippen LogP contribution in [-0.4, -0.2) is 0 Å². The monoisotopic (exact) mass is 345 g/mol. The van der Waals surface area contributed by atoms with E-state index in [1.165, 1.54) is 0 Å². The molecule has 0 aliphatic heterocycles. The molecule has 0 saturated carbocycles. The maximum absolute atomic E-state index is 6.15. The third-order valence-electron chi connectivity index (χ3n) is 2.21. The molecule has 0 radical (unpaired) electrons. The normalized spacial score (nSPS) is 12.7. The molecule has 0 spiro atoms. The molecule has 1 atom stereocenters. The average Bonchev–Trinajstić information content (AvgIpc) is 2.74. The largest absolute Gasteiger partial charge is 0.320 e. The van der Waals surface area contributed by atoms with E-state index in [0.29, 0.717) is 0 Å². The van der Waals surface area contributed by atoms with Gasteiger partial charge in [-0.15, -0.1) is 0 Å². The molecule has 1 nitrogen and oxygen atoms in total. The molecule has 15 heavy (non-hydrogen) atoms. The zero-order valence-corrected chi connectivity index (χ0v) is 11.8. The quantitative estimate of drug-likeness (QED) is 0.860. The van der Waals surface area contributed by atoms with Gasteiger partial charge in [0.2, 0.25) is 0 Å². The Hall–Kier alpha value is -0.160. The molecule has 0 unspecified atom stereocenters. The second-order valence-corrected chi connectivity index (χ2v) is 5.70. The lowest BCUT2D eigenvalue weighted by atomic mass is 10.0. The van der Waals surface area contributed by atoms with Crippen LogP contribution in [0, 0.1) is 0 Å². The Morgan fingerprint density at radius 1 is 1.07 bits per heavy atom. The lowest BCUT2D eigenvalue weighted by Gasteiger charge is -2.11. The number of rotatable bonds is 2. The van der Waals surface area contributed by atoms with Crippen molar-refractivity contribution in [2.45, 2.75) is 6.04 Å². The Morgan fingerprint density at radius 3 is 2.47 bits per heavy atom. The van der Waals surface area contributed by atoms with E-state index >= 15 is 0 Å². The minimum Gasteiger partial charge on any atom is -0.320 e. The van der Waals surface area contributed by atoms with Crippen LogP contribution in [0.15, 0.2) is 44.0 Å². The van der Waals surface area contributed by atoms with Crippen LogP contribution < -0.4 is 5.73 Å². The average molecular weight is 347 g/mol. The van der Waals surface area contributed by atoms with Gasteiger partial charge in [-0.3, -0.25) is 0 Å². The minimum absolute atomic E-state index is 0.0411. The van der Waals surface area contributed by atoms with Gasteiger partial charge in [-0.2, -0.15) is 11.3 Å². The molecule has 1 aromatic heterocycles. The van der Waals surface area contributed by atoms with Gasteiger partial charge in [-0.1, -0.05) is 6.07 Å². The van der Waals surface area contributed by atoms with Crippen LogP contribution in [0.5, 0.6) is 0 Å². The van der Waals surface area contributed by atoms with Crippen molar-refractivity contribution >= 4 is 43.2 Å². The van der Waals surface area contributed by atoms with Gasteiger partial charge >= 0.3 is 0 Å². The third kappa shape index (κ3) is 2.50. The SMILES string of the molecule is N[C@H](c1ccsc1)c1ccc(Br)c(Br)c1. The lowest BCUT2D eigenvalue weighted by molar-refractivity contribution is 0.875. The predicted molar refractivity (Wildman–Crippen MR) is 72.2 cm³/mol. The van der Waals surface area contributed by atoms with Gasteiger partial charge in [0.25, 0.3) is 0 Å². The third-order valence-corrected chi connectivity index (χ3v) is 4.79. The van der Waals surface area contributed by atoms with E-state index < -0.39 is 0 Å². The van der Waals surface area contributed by atoms with Crippen molar-refractivity contribution < 1.29 is 0 Å². The Bertz CT molecular complexity index is 454. The van der Waals surface area contributed by atoms with Crippen molar-refractivity contribution in [3.8, 4) is 0 Å². The summed E-state index contributed by atoms with van der Waals surface area (Å²) in [5.41, 5.74) is 8.43. The van der Waals surface area contributed by atoms with E-state index in [9.17, 15) is 0 Å². The number of hydrogen-bond acceptors (Lipinski definition) is 2. The molecular weight excluding hydrogens is 338 g/mol. The fourth-order valence-corrected chi connectivity index (χ4v) is 2.69. The number of halogens is 2. The fourth-order valence-electron chi connectivity index (χ4n) is 1.35. The molecule has 0 aliphatic rings. The van der Waals surface area contributed by atoms with Crippen LogP contribution in [-0.2, 0) is 0 Å². The Balaban J connectivity index is 2.34. The lowest BCUT2D eigenvalue weighted by Crippen LogP contribution is -2.10. The molecule has 0 fully saturated rings. The number of hydrogen-bond donors (Lipinski definition) is 1. The Labute approximate surface area is 110 Å². The van der Waals surface area contributed by atoms with E-state index in [4.69, 9.17) is 5.73 Å². The predicted octanol–water partition coefficient (Wildman–Crippen LogP) is 4.32. The van der Waals surface area contributed by atoms with E-state index in [1.54, 1.807) is 11.3 Å². The fraction of sp³-hybridized carbons (Fsp3) is 0.0909. The van der Waals surface area contributed by atoms with Gasteiger partial charge in [0.05, 0.1) is 6.04 Å². The highest BCUT2D eigenvalue weighted by molar-refractivity contribution is 9.13. The first-order valence-electron chi connectivity index (χ1n) is 4.41. The van der Waals surface area contributed by atoms with Crippen molar-refractivity contribution in [1.29, 1.82) is 0 Å². The van der Waals surface area contributed by atoms with Crippen molar-refractivity contribution in [1.82, 2.24) is 0 Å². The smallest absolute Gasteiger partial charge is 0.0560 e. The zero-order chi connectivity index (χ0) is 10.8. The summed E-state index contributed by atoms with van der Waals surface area (Å²) in [6.07, 6.45) is 0. The standard InChI is InChI=1S/C11H9Br2NS/c12-9-2-1-7(5-10(9)13)11(14)8-3-4-15-6-8/h1-6,11H,14H2/t11-/m0/s1. The molecule has 78 valence electrons. The molecule has 0 aliphatic carbocycles. The van der Waals surface area contributed by atoms with Crippen molar-refractivity contribution in [3.05, 3.63) is 55.1 Å². The summed E-state index contributed by atoms with van der Waals surface area (Å²) in [4.78, 5) is 0. The summed E-state index contributed by atoms with van der Waals surface area (Å²) < 4.78 is 2.08. The Morgan fingerprint density at radius 2 is 1.87 bits per heavy atom. The van der Waals surface area contributed by atoms with E-state index in [0.717, 1.165) is 20.1 Å². The number of nitrogens with two attached hydrogens (primary N) is 1. The minimum atomic E-state index is -0.0411. The van der Waals surface area contributed by atoms with Gasteiger partial charge in [0, 0.05) is 8.95 Å². The molecule has 2 rings (SSSR count). The topological polar surface area (TPSA) is 26.0 Å². The highest BCUT2D eigenvalue weighted by Crippen LogP contribution is 2.28. The van der Waals surface area contributed by atoms with Gasteiger partial charge in [-0.25, -0.2) is 0 Å². The van der Waals surface area contributed by atoms with Crippen LogP contribution >= 0.6 is 43.2 Å². The summed E-state index contributed by atoms with van der Waals surface area (Å²) >= 11 is 8.59.